The monoisotopic (exact) mass is 432 g/mol. The molecule has 5 fully saturated rings. The second-order valence-electron chi connectivity index (χ2n) is 10.6. The van der Waals surface area contributed by atoms with Gasteiger partial charge < -0.3 is 16.2 Å². The number of anilines is 1. The molecule has 4 N–H and O–H groups in total. The number of amides is 1. The molecule has 1 aromatic carbocycles. The molecular weight excluding hydrogens is 400 g/mol. The number of piperidine rings is 1. The third-order valence-corrected chi connectivity index (χ3v) is 8.50. The number of fused-ring (bicyclic) bond motifs is 1. The maximum Gasteiger partial charge on any atom is 0.255 e. The summed E-state index contributed by atoms with van der Waals surface area (Å²) in [5.74, 6) is 1.80. The Balaban J connectivity index is 1.18. The van der Waals surface area contributed by atoms with Gasteiger partial charge >= 0.3 is 0 Å². The highest BCUT2D eigenvalue weighted by molar-refractivity contribution is 5.99. The van der Waals surface area contributed by atoms with Gasteiger partial charge in [-0.2, -0.15) is 0 Å². The summed E-state index contributed by atoms with van der Waals surface area (Å²) in [6.07, 6.45) is 4.54. The molecule has 4 atom stereocenters. The van der Waals surface area contributed by atoms with Crippen LogP contribution in [0.3, 0.4) is 0 Å². The number of nitrogens with one attached hydrogen (secondary N) is 1. The number of nitrogens with two attached hydrogens (primary N) is 1. The molecule has 1 aromatic heterocycles. The molecule has 3 heterocycles. The van der Waals surface area contributed by atoms with Crippen molar-refractivity contribution in [3.63, 3.8) is 0 Å². The fourth-order valence-electron chi connectivity index (χ4n) is 6.59. The van der Waals surface area contributed by atoms with Gasteiger partial charge in [0, 0.05) is 41.8 Å². The number of benzene rings is 1. The summed E-state index contributed by atoms with van der Waals surface area (Å²) in [5.41, 5.74) is 10.3. The van der Waals surface area contributed by atoms with Crippen molar-refractivity contribution in [2.24, 2.45) is 11.8 Å². The van der Waals surface area contributed by atoms with Crippen LogP contribution < -0.4 is 11.1 Å². The third kappa shape index (κ3) is 2.92. The van der Waals surface area contributed by atoms with E-state index in [2.05, 4.69) is 53.3 Å². The zero-order valence-electron chi connectivity index (χ0n) is 18.8. The van der Waals surface area contributed by atoms with Crippen molar-refractivity contribution in [3.05, 3.63) is 47.7 Å². The quantitative estimate of drug-likeness (QED) is 0.676. The number of nitrogens with zero attached hydrogens (tertiary/aromatic N) is 2. The van der Waals surface area contributed by atoms with Crippen LogP contribution >= 0.6 is 0 Å². The van der Waals surface area contributed by atoms with Gasteiger partial charge in [-0.25, -0.2) is 4.98 Å². The molecule has 168 valence electrons. The Kier molecular flexibility index (Phi) is 4.43. The molecule has 2 saturated heterocycles. The van der Waals surface area contributed by atoms with Crippen LogP contribution in [-0.2, 0) is 5.41 Å². The SMILES string of the molecule is CC(C)N1CC2(c3ccc(-c4cnc(N)c(C(=O)NC5CCC(O)CC5)c4)cc3)C3C1[C@H]32. The Labute approximate surface area is 189 Å². The Hall–Kier alpha value is -2.44. The number of carbonyl (C=O) groups is 1. The van der Waals surface area contributed by atoms with E-state index in [-0.39, 0.29) is 23.9 Å². The molecule has 7 rings (SSSR count). The molecule has 0 radical (unpaired) electrons. The van der Waals surface area contributed by atoms with Crippen molar-refractivity contribution in [2.45, 2.75) is 69.2 Å². The van der Waals surface area contributed by atoms with Crippen LogP contribution in [0.2, 0.25) is 0 Å². The van der Waals surface area contributed by atoms with E-state index in [4.69, 9.17) is 5.73 Å². The smallest absolute Gasteiger partial charge is 0.255 e. The maximum absolute atomic E-state index is 12.9. The minimum Gasteiger partial charge on any atom is -0.393 e. The van der Waals surface area contributed by atoms with Crippen LogP contribution in [0.4, 0.5) is 5.82 Å². The van der Waals surface area contributed by atoms with Crippen LogP contribution in [0.1, 0.15) is 55.5 Å². The molecule has 1 amide bonds. The number of aliphatic hydroxyl groups is 1. The van der Waals surface area contributed by atoms with Gasteiger partial charge in [-0.1, -0.05) is 24.3 Å². The van der Waals surface area contributed by atoms with E-state index < -0.39 is 0 Å². The highest BCUT2D eigenvalue weighted by atomic mass is 16.3. The van der Waals surface area contributed by atoms with E-state index in [1.165, 1.54) is 12.1 Å². The lowest BCUT2D eigenvalue weighted by Gasteiger charge is -2.26. The normalized spacial score (nSPS) is 34.9. The number of aliphatic hydroxyl groups excluding tert-OH is 1. The van der Waals surface area contributed by atoms with Crippen LogP contribution in [0.15, 0.2) is 36.5 Å². The number of hydrogen-bond donors (Lipinski definition) is 3. The van der Waals surface area contributed by atoms with Gasteiger partial charge in [-0.15, -0.1) is 0 Å². The Morgan fingerprint density at radius 3 is 2.47 bits per heavy atom. The molecule has 2 aliphatic heterocycles. The Bertz CT molecular complexity index is 1050. The Morgan fingerprint density at radius 1 is 1.16 bits per heavy atom. The lowest BCUT2D eigenvalue weighted by atomic mass is 9.87. The van der Waals surface area contributed by atoms with E-state index in [0.717, 1.165) is 54.7 Å². The zero-order chi connectivity index (χ0) is 22.2. The second kappa shape index (κ2) is 7.03. The van der Waals surface area contributed by atoms with Crippen molar-refractivity contribution in [1.82, 2.24) is 15.2 Å². The molecular formula is C26H32N4O2. The number of carbonyl (C=O) groups excluding carboxylic acids is 1. The molecule has 0 spiro atoms. The first-order chi connectivity index (χ1) is 15.4. The molecule has 6 nitrogen and oxygen atoms in total. The van der Waals surface area contributed by atoms with Gasteiger partial charge in [-0.3, -0.25) is 9.69 Å². The first kappa shape index (κ1) is 20.2. The molecule has 6 heteroatoms. The number of pyridine rings is 1. The largest absolute Gasteiger partial charge is 0.393 e. The highest BCUT2D eigenvalue weighted by Crippen LogP contribution is 2.84. The zero-order valence-corrected chi connectivity index (χ0v) is 18.8. The first-order valence-corrected chi connectivity index (χ1v) is 12.0. The minimum atomic E-state index is -0.245. The molecule has 3 saturated carbocycles. The third-order valence-electron chi connectivity index (χ3n) is 8.50. The van der Waals surface area contributed by atoms with E-state index in [1.54, 1.807) is 6.20 Å². The molecule has 2 bridgehead atoms. The number of nitrogen functional groups attached to an aromatic ring is 1. The standard InChI is InChI=1S/C26H32N4O2/c1-14(2)30-13-26(21-22(26)23(21)30)17-5-3-15(4-6-17)16-11-20(24(27)28-12-16)25(32)29-18-7-9-19(31)10-8-18/h3-6,11-12,14,18-19,21-23,31H,7-10,13H2,1-2H3,(H2,27,28)(H,29,32)/t18?,19?,21-,22?,23?,26?/m0/s1. The molecule has 5 aliphatic rings. The number of aromatic nitrogens is 1. The average Bonchev–Trinajstić information content (AvgIpc) is 3.60. The van der Waals surface area contributed by atoms with Crippen LogP contribution in [-0.4, -0.2) is 51.7 Å². The number of rotatable bonds is 5. The fourth-order valence-corrected chi connectivity index (χ4v) is 6.59. The number of hydrogen-bond acceptors (Lipinski definition) is 5. The van der Waals surface area contributed by atoms with Crippen LogP contribution in [0.25, 0.3) is 11.1 Å². The summed E-state index contributed by atoms with van der Waals surface area (Å²) >= 11 is 0. The van der Waals surface area contributed by atoms with Crippen molar-refractivity contribution in [3.8, 4) is 11.1 Å². The highest BCUT2D eigenvalue weighted by Gasteiger charge is 2.90. The van der Waals surface area contributed by atoms with E-state index in [1.807, 2.05) is 6.07 Å². The summed E-state index contributed by atoms with van der Waals surface area (Å²) in [7, 11) is 0. The molecule has 3 aliphatic carbocycles. The summed E-state index contributed by atoms with van der Waals surface area (Å²) < 4.78 is 0. The van der Waals surface area contributed by atoms with Gasteiger partial charge in [0.25, 0.3) is 5.91 Å². The van der Waals surface area contributed by atoms with Gasteiger partial charge in [0.1, 0.15) is 5.82 Å². The molecule has 32 heavy (non-hydrogen) atoms. The van der Waals surface area contributed by atoms with Gasteiger partial charge in [-0.05, 0) is 68.6 Å². The van der Waals surface area contributed by atoms with Crippen molar-refractivity contribution < 1.29 is 9.90 Å². The van der Waals surface area contributed by atoms with Gasteiger partial charge in [0.15, 0.2) is 0 Å². The van der Waals surface area contributed by atoms with Crippen LogP contribution in [0.5, 0.6) is 0 Å². The average molecular weight is 433 g/mol. The van der Waals surface area contributed by atoms with Crippen molar-refractivity contribution in [2.75, 3.05) is 12.3 Å². The van der Waals surface area contributed by atoms with Gasteiger partial charge in [0.2, 0.25) is 0 Å². The lowest BCUT2D eigenvalue weighted by molar-refractivity contribution is 0.0868. The lowest BCUT2D eigenvalue weighted by Crippen LogP contribution is -2.38. The second-order valence-corrected chi connectivity index (χ2v) is 10.6. The van der Waals surface area contributed by atoms with Crippen molar-refractivity contribution >= 4 is 11.7 Å². The van der Waals surface area contributed by atoms with E-state index in [9.17, 15) is 9.90 Å². The Morgan fingerprint density at radius 2 is 1.84 bits per heavy atom. The summed E-state index contributed by atoms with van der Waals surface area (Å²) in [4.78, 5) is 19.8. The molecule has 2 aromatic rings. The van der Waals surface area contributed by atoms with Crippen molar-refractivity contribution in [1.29, 1.82) is 0 Å². The van der Waals surface area contributed by atoms with Crippen LogP contribution in [0, 0.1) is 11.8 Å². The minimum absolute atomic E-state index is 0.0816. The predicted molar refractivity (Wildman–Crippen MR) is 124 cm³/mol. The predicted octanol–water partition coefficient (Wildman–Crippen LogP) is 2.95. The topological polar surface area (TPSA) is 91.5 Å². The fraction of sp³-hybridized carbons (Fsp3) is 0.538. The summed E-state index contributed by atoms with van der Waals surface area (Å²) in [6, 6.07) is 12.2. The molecule has 3 unspecified atom stereocenters. The first-order valence-electron chi connectivity index (χ1n) is 12.0. The van der Waals surface area contributed by atoms with E-state index in [0.29, 0.717) is 17.0 Å². The summed E-state index contributed by atoms with van der Waals surface area (Å²) in [5, 5.41) is 12.8. The summed E-state index contributed by atoms with van der Waals surface area (Å²) in [6.45, 7) is 5.79. The van der Waals surface area contributed by atoms with E-state index >= 15 is 0 Å². The maximum atomic E-state index is 12.9. The van der Waals surface area contributed by atoms with Gasteiger partial charge in [0.05, 0.1) is 11.7 Å².